The lowest BCUT2D eigenvalue weighted by Crippen LogP contribution is -2.30. The molecule has 1 aliphatic heterocycles. The van der Waals surface area contributed by atoms with Crippen molar-refractivity contribution in [1.29, 1.82) is 0 Å². The van der Waals surface area contributed by atoms with Gasteiger partial charge in [-0.05, 0) is 42.7 Å². The van der Waals surface area contributed by atoms with Crippen LogP contribution in [-0.4, -0.2) is 31.6 Å². The van der Waals surface area contributed by atoms with Crippen LogP contribution in [0.5, 0.6) is 5.75 Å². The standard InChI is InChI=1S/C23H25NO4/c1-4-27-22(25)15-28-18-11-9-17(10-12-18)13-20-19-7-5-6-8-21(19)24(23(20)26)14-16(2)3/h5-13,16H,4,14-15H2,1-3H3/b20-13-. The van der Waals surface area contributed by atoms with Crippen LogP contribution in [0.25, 0.3) is 11.6 Å². The molecule has 0 bridgehead atoms. The van der Waals surface area contributed by atoms with Crippen LogP contribution in [0.1, 0.15) is 31.9 Å². The highest BCUT2D eigenvalue weighted by Crippen LogP contribution is 2.38. The van der Waals surface area contributed by atoms with E-state index in [1.807, 2.05) is 47.4 Å². The van der Waals surface area contributed by atoms with Gasteiger partial charge in [-0.25, -0.2) is 4.79 Å². The summed E-state index contributed by atoms with van der Waals surface area (Å²) in [6.45, 7) is 6.86. The van der Waals surface area contributed by atoms with Gasteiger partial charge in [-0.1, -0.05) is 44.2 Å². The van der Waals surface area contributed by atoms with E-state index in [0.29, 0.717) is 30.4 Å². The first-order chi connectivity index (χ1) is 13.5. The van der Waals surface area contributed by atoms with Crippen LogP contribution >= 0.6 is 0 Å². The van der Waals surface area contributed by atoms with Gasteiger partial charge in [0.2, 0.25) is 0 Å². The molecule has 0 radical (unpaired) electrons. The molecule has 0 aromatic heterocycles. The smallest absolute Gasteiger partial charge is 0.344 e. The third kappa shape index (κ3) is 4.42. The first-order valence-electron chi connectivity index (χ1n) is 9.51. The SMILES string of the molecule is CCOC(=O)COc1ccc(/C=C2\C(=O)N(CC(C)C)c3ccccc32)cc1. The molecule has 0 saturated heterocycles. The Morgan fingerprint density at radius 3 is 2.50 bits per heavy atom. The van der Waals surface area contributed by atoms with Crippen molar-refractivity contribution in [1.82, 2.24) is 0 Å². The minimum absolute atomic E-state index is 0.0255. The van der Waals surface area contributed by atoms with Gasteiger partial charge in [-0.15, -0.1) is 0 Å². The number of fused-ring (bicyclic) bond motifs is 1. The number of benzene rings is 2. The van der Waals surface area contributed by atoms with Crippen LogP contribution in [0.4, 0.5) is 5.69 Å². The van der Waals surface area contributed by atoms with Crippen molar-refractivity contribution in [2.45, 2.75) is 20.8 Å². The van der Waals surface area contributed by atoms with E-state index in [0.717, 1.165) is 16.8 Å². The average molecular weight is 379 g/mol. The zero-order valence-corrected chi connectivity index (χ0v) is 16.5. The molecule has 28 heavy (non-hydrogen) atoms. The number of esters is 1. The fraction of sp³-hybridized carbons (Fsp3) is 0.304. The fourth-order valence-corrected chi connectivity index (χ4v) is 3.16. The molecule has 0 atom stereocenters. The molecule has 0 saturated carbocycles. The van der Waals surface area contributed by atoms with Crippen LogP contribution in [0.3, 0.4) is 0 Å². The summed E-state index contributed by atoms with van der Waals surface area (Å²) in [5.41, 5.74) is 3.50. The predicted octanol–water partition coefficient (Wildman–Crippen LogP) is 4.17. The van der Waals surface area contributed by atoms with Crippen molar-refractivity contribution in [2.24, 2.45) is 5.92 Å². The van der Waals surface area contributed by atoms with Crippen molar-refractivity contribution in [3.8, 4) is 5.75 Å². The summed E-state index contributed by atoms with van der Waals surface area (Å²) < 4.78 is 10.3. The first-order valence-corrected chi connectivity index (χ1v) is 9.51. The van der Waals surface area contributed by atoms with E-state index < -0.39 is 5.97 Å². The second-order valence-corrected chi connectivity index (χ2v) is 7.05. The monoisotopic (exact) mass is 379 g/mol. The number of para-hydroxylation sites is 1. The minimum atomic E-state index is -0.396. The second-order valence-electron chi connectivity index (χ2n) is 7.05. The molecule has 2 aromatic carbocycles. The van der Waals surface area contributed by atoms with Crippen LogP contribution < -0.4 is 9.64 Å². The maximum Gasteiger partial charge on any atom is 0.344 e. The zero-order valence-electron chi connectivity index (χ0n) is 16.5. The number of ether oxygens (including phenoxy) is 2. The molecule has 0 aliphatic carbocycles. The lowest BCUT2D eigenvalue weighted by atomic mass is 10.0. The van der Waals surface area contributed by atoms with Gasteiger partial charge in [0.15, 0.2) is 6.61 Å². The van der Waals surface area contributed by atoms with E-state index >= 15 is 0 Å². The maximum absolute atomic E-state index is 13.0. The van der Waals surface area contributed by atoms with Crippen molar-refractivity contribution < 1.29 is 19.1 Å². The molecule has 1 aliphatic rings. The van der Waals surface area contributed by atoms with Crippen LogP contribution in [0.2, 0.25) is 0 Å². The third-order valence-electron chi connectivity index (χ3n) is 4.36. The lowest BCUT2D eigenvalue weighted by Gasteiger charge is -2.19. The van der Waals surface area contributed by atoms with Crippen molar-refractivity contribution >= 4 is 29.2 Å². The molecule has 146 valence electrons. The van der Waals surface area contributed by atoms with Gasteiger partial charge >= 0.3 is 5.97 Å². The molecule has 5 nitrogen and oxygen atoms in total. The molecular weight excluding hydrogens is 354 g/mol. The maximum atomic E-state index is 13.0. The van der Waals surface area contributed by atoms with E-state index in [1.165, 1.54) is 0 Å². The summed E-state index contributed by atoms with van der Waals surface area (Å²) in [7, 11) is 0. The molecule has 5 heteroatoms. The molecule has 0 fully saturated rings. The van der Waals surface area contributed by atoms with Gasteiger partial charge in [0, 0.05) is 17.7 Å². The van der Waals surface area contributed by atoms with E-state index in [2.05, 4.69) is 13.8 Å². The Morgan fingerprint density at radius 1 is 1.11 bits per heavy atom. The highest BCUT2D eigenvalue weighted by Gasteiger charge is 2.32. The summed E-state index contributed by atoms with van der Waals surface area (Å²) in [4.78, 5) is 26.2. The Kier molecular flexibility index (Phi) is 6.14. The third-order valence-corrected chi connectivity index (χ3v) is 4.36. The van der Waals surface area contributed by atoms with Gasteiger partial charge in [0.25, 0.3) is 5.91 Å². The highest BCUT2D eigenvalue weighted by atomic mass is 16.6. The Hall–Kier alpha value is -3.08. The molecule has 0 spiro atoms. The largest absolute Gasteiger partial charge is 0.482 e. The number of hydrogen-bond donors (Lipinski definition) is 0. The fourth-order valence-electron chi connectivity index (χ4n) is 3.16. The Bertz CT molecular complexity index is 884. The zero-order chi connectivity index (χ0) is 20.1. The Balaban J connectivity index is 1.79. The number of anilines is 1. The number of amides is 1. The van der Waals surface area contributed by atoms with Gasteiger partial charge in [0.05, 0.1) is 12.3 Å². The van der Waals surface area contributed by atoms with Crippen LogP contribution in [0.15, 0.2) is 48.5 Å². The lowest BCUT2D eigenvalue weighted by molar-refractivity contribution is -0.145. The van der Waals surface area contributed by atoms with Gasteiger partial charge in [-0.2, -0.15) is 0 Å². The summed E-state index contributed by atoms with van der Waals surface area (Å²) in [5.74, 6) is 0.589. The number of carbonyl (C=O) groups excluding carboxylic acids is 2. The van der Waals surface area contributed by atoms with Gasteiger partial charge in [-0.3, -0.25) is 4.79 Å². The van der Waals surface area contributed by atoms with Crippen molar-refractivity contribution in [3.05, 3.63) is 59.7 Å². The predicted molar refractivity (Wildman–Crippen MR) is 110 cm³/mol. The number of rotatable bonds is 7. The molecule has 0 unspecified atom stereocenters. The van der Waals surface area contributed by atoms with E-state index in [-0.39, 0.29) is 12.5 Å². The normalized spacial score (nSPS) is 14.5. The average Bonchev–Trinajstić information content (AvgIpc) is 2.93. The number of carbonyl (C=O) groups is 2. The summed E-state index contributed by atoms with van der Waals surface area (Å²) in [6.07, 6.45) is 1.90. The molecule has 0 N–H and O–H groups in total. The van der Waals surface area contributed by atoms with Crippen LogP contribution in [-0.2, 0) is 14.3 Å². The second kappa shape index (κ2) is 8.74. The van der Waals surface area contributed by atoms with E-state index in [4.69, 9.17) is 9.47 Å². The van der Waals surface area contributed by atoms with Crippen molar-refractivity contribution in [2.75, 3.05) is 24.7 Å². The van der Waals surface area contributed by atoms with Gasteiger partial charge < -0.3 is 14.4 Å². The summed E-state index contributed by atoms with van der Waals surface area (Å²) in [6, 6.07) is 15.2. The molecule has 1 amide bonds. The molecule has 1 heterocycles. The van der Waals surface area contributed by atoms with E-state index in [1.54, 1.807) is 19.1 Å². The Labute approximate surface area is 165 Å². The minimum Gasteiger partial charge on any atom is -0.482 e. The number of hydrogen-bond acceptors (Lipinski definition) is 4. The van der Waals surface area contributed by atoms with Crippen LogP contribution in [0, 0.1) is 5.92 Å². The highest BCUT2D eigenvalue weighted by molar-refractivity contribution is 6.35. The van der Waals surface area contributed by atoms with Crippen molar-refractivity contribution in [3.63, 3.8) is 0 Å². The first kappa shape index (κ1) is 19.7. The molecule has 3 rings (SSSR count). The Morgan fingerprint density at radius 2 is 1.82 bits per heavy atom. The number of nitrogens with zero attached hydrogens (tertiary/aromatic N) is 1. The molecule has 2 aromatic rings. The summed E-state index contributed by atoms with van der Waals surface area (Å²) in [5, 5.41) is 0. The van der Waals surface area contributed by atoms with E-state index in [9.17, 15) is 9.59 Å². The quantitative estimate of drug-likeness (QED) is 0.535. The topological polar surface area (TPSA) is 55.8 Å². The molecular formula is C23H25NO4. The van der Waals surface area contributed by atoms with Gasteiger partial charge in [0.1, 0.15) is 5.75 Å². The summed E-state index contributed by atoms with van der Waals surface area (Å²) >= 11 is 0.